The molecule has 1 heterocycles. The third-order valence-corrected chi connectivity index (χ3v) is 2.94. The van der Waals surface area contributed by atoms with Crippen molar-refractivity contribution in [3.63, 3.8) is 0 Å². The van der Waals surface area contributed by atoms with Crippen molar-refractivity contribution < 1.29 is 4.79 Å². The molecule has 0 spiro atoms. The molecule has 0 aromatic heterocycles. The number of carbonyl (C=O) groups is 1. The molecule has 0 aliphatic carbocycles. The normalized spacial score (nSPS) is 17.4. The first kappa shape index (κ1) is 11.0. The summed E-state index contributed by atoms with van der Waals surface area (Å²) in [6.07, 6.45) is 0.968. The first-order valence-electron chi connectivity index (χ1n) is 5.56. The number of aldehydes is 1. The lowest BCUT2D eigenvalue weighted by Crippen LogP contribution is -2.46. The van der Waals surface area contributed by atoms with Gasteiger partial charge in [0.25, 0.3) is 0 Å². The number of anilines is 2. The number of rotatable bonds is 3. The number of piperazine rings is 1. The molecule has 0 unspecified atom stereocenters. The van der Waals surface area contributed by atoms with Gasteiger partial charge in [-0.15, -0.1) is 0 Å². The van der Waals surface area contributed by atoms with Crippen LogP contribution in [0.4, 0.5) is 11.4 Å². The SMILES string of the molecule is Nc1cccc(N2CCN(CC=O)CC2)c1. The average Bonchev–Trinajstić information content (AvgIpc) is 2.30. The zero-order valence-corrected chi connectivity index (χ0v) is 9.30. The van der Waals surface area contributed by atoms with Crippen molar-refractivity contribution in [2.75, 3.05) is 43.4 Å². The summed E-state index contributed by atoms with van der Waals surface area (Å²) in [5, 5.41) is 0. The third-order valence-electron chi connectivity index (χ3n) is 2.94. The van der Waals surface area contributed by atoms with E-state index in [4.69, 9.17) is 5.73 Å². The number of nitrogens with two attached hydrogens (primary N) is 1. The Morgan fingerprint density at radius 3 is 2.62 bits per heavy atom. The molecule has 1 aromatic rings. The Hall–Kier alpha value is -1.55. The minimum atomic E-state index is 0.546. The quantitative estimate of drug-likeness (QED) is 0.597. The van der Waals surface area contributed by atoms with E-state index in [-0.39, 0.29) is 0 Å². The summed E-state index contributed by atoms with van der Waals surface area (Å²) < 4.78 is 0. The van der Waals surface area contributed by atoms with Gasteiger partial charge < -0.3 is 15.4 Å². The molecule has 1 aliphatic heterocycles. The van der Waals surface area contributed by atoms with Crippen LogP contribution >= 0.6 is 0 Å². The maximum absolute atomic E-state index is 10.4. The van der Waals surface area contributed by atoms with Crippen molar-refractivity contribution in [1.82, 2.24) is 4.90 Å². The van der Waals surface area contributed by atoms with E-state index in [1.54, 1.807) is 0 Å². The van der Waals surface area contributed by atoms with E-state index < -0.39 is 0 Å². The zero-order valence-electron chi connectivity index (χ0n) is 9.30. The molecule has 4 nitrogen and oxygen atoms in total. The lowest BCUT2D eigenvalue weighted by molar-refractivity contribution is -0.108. The van der Waals surface area contributed by atoms with Gasteiger partial charge in [0.2, 0.25) is 0 Å². The number of hydrogen-bond donors (Lipinski definition) is 1. The second kappa shape index (κ2) is 4.99. The zero-order chi connectivity index (χ0) is 11.4. The second-order valence-corrected chi connectivity index (χ2v) is 4.05. The molecule has 0 saturated carbocycles. The largest absolute Gasteiger partial charge is 0.399 e. The maximum atomic E-state index is 10.4. The highest BCUT2D eigenvalue weighted by Crippen LogP contribution is 2.18. The van der Waals surface area contributed by atoms with Gasteiger partial charge in [0.05, 0.1) is 6.54 Å². The number of hydrogen-bond acceptors (Lipinski definition) is 4. The predicted octanol–water partition coefficient (Wildman–Crippen LogP) is 0.590. The molecule has 0 atom stereocenters. The Bertz CT molecular complexity index is 359. The van der Waals surface area contributed by atoms with Crippen molar-refractivity contribution in [1.29, 1.82) is 0 Å². The number of nitrogens with zero attached hydrogens (tertiary/aromatic N) is 2. The van der Waals surface area contributed by atoms with Crippen LogP contribution in [-0.4, -0.2) is 43.9 Å². The fourth-order valence-electron chi connectivity index (χ4n) is 2.02. The summed E-state index contributed by atoms with van der Waals surface area (Å²) in [6.45, 7) is 4.33. The highest BCUT2D eigenvalue weighted by molar-refractivity contribution is 5.56. The van der Waals surface area contributed by atoms with E-state index in [1.807, 2.05) is 18.2 Å². The molecule has 0 amide bonds. The fourth-order valence-corrected chi connectivity index (χ4v) is 2.02. The lowest BCUT2D eigenvalue weighted by atomic mass is 10.2. The first-order chi connectivity index (χ1) is 7.79. The van der Waals surface area contributed by atoms with E-state index in [0.29, 0.717) is 6.54 Å². The van der Waals surface area contributed by atoms with Crippen molar-refractivity contribution in [3.8, 4) is 0 Å². The molecule has 0 radical (unpaired) electrons. The minimum Gasteiger partial charge on any atom is -0.399 e. The molecule has 86 valence electrons. The molecule has 2 rings (SSSR count). The second-order valence-electron chi connectivity index (χ2n) is 4.05. The number of benzene rings is 1. The van der Waals surface area contributed by atoms with Crippen molar-refractivity contribution in [3.05, 3.63) is 24.3 Å². The molecular weight excluding hydrogens is 202 g/mol. The van der Waals surface area contributed by atoms with Crippen molar-refractivity contribution in [2.45, 2.75) is 0 Å². The van der Waals surface area contributed by atoms with Gasteiger partial charge in [0.1, 0.15) is 6.29 Å². The van der Waals surface area contributed by atoms with Crippen molar-refractivity contribution >= 4 is 17.7 Å². The number of carbonyl (C=O) groups excluding carboxylic acids is 1. The van der Waals surface area contributed by atoms with Crippen LogP contribution in [0.15, 0.2) is 24.3 Å². The maximum Gasteiger partial charge on any atom is 0.133 e. The first-order valence-corrected chi connectivity index (χ1v) is 5.56. The topological polar surface area (TPSA) is 49.6 Å². The van der Waals surface area contributed by atoms with Crippen molar-refractivity contribution in [2.24, 2.45) is 0 Å². The summed E-state index contributed by atoms with van der Waals surface area (Å²) in [6, 6.07) is 7.94. The van der Waals surface area contributed by atoms with Crippen LogP contribution < -0.4 is 10.6 Å². The van der Waals surface area contributed by atoms with Gasteiger partial charge in [0, 0.05) is 37.6 Å². The molecule has 2 N–H and O–H groups in total. The van der Waals surface area contributed by atoms with Gasteiger partial charge in [0.15, 0.2) is 0 Å². The van der Waals surface area contributed by atoms with Gasteiger partial charge in [-0.25, -0.2) is 0 Å². The van der Waals surface area contributed by atoms with Crippen LogP contribution in [0.3, 0.4) is 0 Å². The molecule has 0 bridgehead atoms. The third kappa shape index (κ3) is 2.52. The molecular formula is C12H17N3O. The van der Waals surface area contributed by atoms with Gasteiger partial charge >= 0.3 is 0 Å². The predicted molar refractivity (Wildman–Crippen MR) is 65.6 cm³/mol. The molecule has 1 fully saturated rings. The van der Waals surface area contributed by atoms with E-state index >= 15 is 0 Å². The molecule has 16 heavy (non-hydrogen) atoms. The van der Waals surface area contributed by atoms with E-state index in [2.05, 4.69) is 15.9 Å². The Labute approximate surface area is 95.6 Å². The molecule has 1 aromatic carbocycles. The molecule has 1 saturated heterocycles. The Morgan fingerprint density at radius 1 is 1.25 bits per heavy atom. The van der Waals surface area contributed by atoms with Gasteiger partial charge in [-0.3, -0.25) is 4.90 Å². The summed E-state index contributed by atoms with van der Waals surface area (Å²) in [4.78, 5) is 14.9. The summed E-state index contributed by atoms with van der Waals surface area (Å²) >= 11 is 0. The van der Waals surface area contributed by atoms with Gasteiger partial charge in [-0.05, 0) is 18.2 Å². The molecule has 1 aliphatic rings. The highest BCUT2D eigenvalue weighted by atomic mass is 16.1. The fraction of sp³-hybridized carbons (Fsp3) is 0.417. The molecule has 4 heteroatoms. The van der Waals surface area contributed by atoms with Crippen LogP contribution in [-0.2, 0) is 4.79 Å². The number of nitrogen functional groups attached to an aromatic ring is 1. The Kier molecular flexibility index (Phi) is 3.41. The van der Waals surface area contributed by atoms with Crippen LogP contribution in [0.2, 0.25) is 0 Å². The van der Waals surface area contributed by atoms with Gasteiger partial charge in [-0.2, -0.15) is 0 Å². The minimum absolute atomic E-state index is 0.546. The van der Waals surface area contributed by atoms with Crippen LogP contribution in [0.5, 0.6) is 0 Å². The van der Waals surface area contributed by atoms with Crippen LogP contribution in [0, 0.1) is 0 Å². The Balaban J connectivity index is 1.96. The highest BCUT2D eigenvalue weighted by Gasteiger charge is 2.16. The lowest BCUT2D eigenvalue weighted by Gasteiger charge is -2.35. The van der Waals surface area contributed by atoms with E-state index in [0.717, 1.165) is 38.2 Å². The van der Waals surface area contributed by atoms with Crippen LogP contribution in [0.1, 0.15) is 0 Å². The monoisotopic (exact) mass is 219 g/mol. The summed E-state index contributed by atoms with van der Waals surface area (Å²) in [7, 11) is 0. The smallest absolute Gasteiger partial charge is 0.133 e. The standard InChI is InChI=1S/C12H17N3O/c13-11-2-1-3-12(10-11)15-6-4-14(5-7-15)8-9-16/h1-3,9-10H,4-8,13H2. The van der Waals surface area contributed by atoms with Crippen LogP contribution in [0.25, 0.3) is 0 Å². The van der Waals surface area contributed by atoms with E-state index in [1.165, 1.54) is 5.69 Å². The van der Waals surface area contributed by atoms with E-state index in [9.17, 15) is 4.79 Å². The van der Waals surface area contributed by atoms with Gasteiger partial charge in [-0.1, -0.05) is 6.07 Å². The Morgan fingerprint density at radius 2 is 2.00 bits per heavy atom. The summed E-state index contributed by atoms with van der Waals surface area (Å²) in [5.74, 6) is 0. The summed E-state index contributed by atoms with van der Waals surface area (Å²) in [5.41, 5.74) is 7.73. The average molecular weight is 219 g/mol.